The van der Waals surface area contributed by atoms with Crippen LogP contribution >= 0.6 is 0 Å². The molecule has 0 spiro atoms. The summed E-state index contributed by atoms with van der Waals surface area (Å²) in [6, 6.07) is 8.71. The molecular formula is C17H26N2O. The molecule has 3 nitrogen and oxygen atoms in total. The Hall–Kier alpha value is -1.51. The number of para-hydroxylation sites is 2. The van der Waals surface area contributed by atoms with E-state index in [1.165, 1.54) is 25.7 Å². The topological polar surface area (TPSA) is 32.3 Å². The molecule has 0 bridgehead atoms. The second-order valence-corrected chi connectivity index (χ2v) is 5.58. The lowest BCUT2D eigenvalue weighted by atomic mass is 10.1. The molecule has 1 saturated heterocycles. The van der Waals surface area contributed by atoms with E-state index in [1.807, 2.05) is 17.0 Å². The molecule has 1 aromatic carbocycles. The number of benzene rings is 1. The fraction of sp³-hybridized carbons (Fsp3) is 0.588. The van der Waals surface area contributed by atoms with Crippen LogP contribution in [0.1, 0.15) is 52.4 Å². The molecule has 1 N–H and O–H groups in total. The van der Waals surface area contributed by atoms with Gasteiger partial charge >= 0.3 is 0 Å². The number of nitrogens with zero attached hydrogens (tertiary/aromatic N) is 1. The molecule has 1 heterocycles. The average Bonchev–Trinajstić information content (AvgIpc) is 2.86. The van der Waals surface area contributed by atoms with Crippen LogP contribution in [0.25, 0.3) is 0 Å². The van der Waals surface area contributed by atoms with Crippen molar-refractivity contribution in [2.24, 2.45) is 0 Å². The number of nitrogens with one attached hydrogen (secondary N) is 1. The summed E-state index contributed by atoms with van der Waals surface area (Å²) in [5.74, 6) is 0.252. The summed E-state index contributed by atoms with van der Waals surface area (Å²) in [7, 11) is 0. The molecule has 0 saturated carbocycles. The molecule has 110 valence electrons. The first-order valence-electron chi connectivity index (χ1n) is 7.92. The summed E-state index contributed by atoms with van der Waals surface area (Å²) in [5.41, 5.74) is 2.15. The zero-order valence-corrected chi connectivity index (χ0v) is 12.7. The standard InChI is InChI=1S/C17H26N2O/c1-3-8-14(9-4-2)18-15-10-5-6-11-16(15)19-13-7-12-17(19)20/h5-6,10-11,14,18H,3-4,7-9,12-13H2,1-2H3. The monoisotopic (exact) mass is 274 g/mol. The maximum absolute atomic E-state index is 12.0. The van der Waals surface area contributed by atoms with Crippen molar-refractivity contribution >= 4 is 17.3 Å². The van der Waals surface area contributed by atoms with E-state index < -0.39 is 0 Å². The number of carbonyl (C=O) groups excluding carboxylic acids is 1. The lowest BCUT2D eigenvalue weighted by Crippen LogP contribution is -2.26. The van der Waals surface area contributed by atoms with Gasteiger partial charge in [-0.05, 0) is 31.4 Å². The molecule has 0 aliphatic carbocycles. The summed E-state index contributed by atoms with van der Waals surface area (Å²) in [4.78, 5) is 13.9. The van der Waals surface area contributed by atoms with Crippen LogP contribution in [0.4, 0.5) is 11.4 Å². The van der Waals surface area contributed by atoms with E-state index in [2.05, 4.69) is 31.3 Å². The Kier molecular flexibility index (Phi) is 5.45. The average molecular weight is 274 g/mol. The molecule has 0 radical (unpaired) electrons. The Morgan fingerprint density at radius 1 is 1.20 bits per heavy atom. The highest BCUT2D eigenvalue weighted by Crippen LogP contribution is 2.30. The van der Waals surface area contributed by atoms with Gasteiger partial charge in [0.25, 0.3) is 0 Å². The molecule has 1 aliphatic heterocycles. The Balaban J connectivity index is 2.16. The van der Waals surface area contributed by atoms with Gasteiger partial charge in [-0.25, -0.2) is 0 Å². The lowest BCUT2D eigenvalue weighted by Gasteiger charge is -2.24. The van der Waals surface area contributed by atoms with Gasteiger partial charge in [0.15, 0.2) is 0 Å². The second kappa shape index (κ2) is 7.32. The minimum atomic E-state index is 0.252. The normalized spacial score (nSPS) is 15.2. The fourth-order valence-corrected chi connectivity index (χ4v) is 2.94. The smallest absolute Gasteiger partial charge is 0.227 e. The Bertz CT molecular complexity index is 438. The number of anilines is 2. The SMILES string of the molecule is CCCC(CCC)Nc1ccccc1N1CCCC1=O. The van der Waals surface area contributed by atoms with Crippen molar-refractivity contribution in [3.05, 3.63) is 24.3 Å². The predicted octanol–water partition coefficient (Wildman–Crippen LogP) is 4.19. The summed E-state index contributed by atoms with van der Waals surface area (Å²) in [5, 5.41) is 3.65. The first-order chi connectivity index (χ1) is 9.76. The van der Waals surface area contributed by atoms with E-state index in [4.69, 9.17) is 0 Å². The molecule has 0 aromatic heterocycles. The number of carbonyl (C=O) groups is 1. The van der Waals surface area contributed by atoms with Gasteiger partial charge in [-0.3, -0.25) is 4.79 Å². The van der Waals surface area contributed by atoms with Crippen LogP contribution in [-0.2, 0) is 4.79 Å². The number of rotatable bonds is 7. The van der Waals surface area contributed by atoms with E-state index in [-0.39, 0.29) is 5.91 Å². The molecule has 1 amide bonds. The Labute approximate surface area is 122 Å². The number of hydrogen-bond donors (Lipinski definition) is 1. The van der Waals surface area contributed by atoms with Gasteiger partial charge in [0, 0.05) is 19.0 Å². The summed E-state index contributed by atoms with van der Waals surface area (Å²) in [6.07, 6.45) is 6.37. The van der Waals surface area contributed by atoms with Crippen LogP contribution < -0.4 is 10.2 Å². The molecule has 3 heteroatoms. The molecule has 1 aromatic rings. The van der Waals surface area contributed by atoms with Crippen molar-refractivity contribution < 1.29 is 4.79 Å². The zero-order chi connectivity index (χ0) is 14.4. The van der Waals surface area contributed by atoms with Gasteiger partial charge in [-0.15, -0.1) is 0 Å². The van der Waals surface area contributed by atoms with Gasteiger partial charge < -0.3 is 10.2 Å². The minimum absolute atomic E-state index is 0.252. The van der Waals surface area contributed by atoms with Gasteiger partial charge in [-0.1, -0.05) is 38.8 Å². The van der Waals surface area contributed by atoms with Gasteiger partial charge in [0.1, 0.15) is 0 Å². The molecule has 0 unspecified atom stereocenters. The summed E-state index contributed by atoms with van der Waals surface area (Å²) in [6.45, 7) is 5.30. The van der Waals surface area contributed by atoms with Gasteiger partial charge in [-0.2, -0.15) is 0 Å². The van der Waals surface area contributed by atoms with Crippen LogP contribution in [0.3, 0.4) is 0 Å². The third-order valence-electron chi connectivity index (χ3n) is 3.90. The Morgan fingerprint density at radius 2 is 1.90 bits per heavy atom. The van der Waals surface area contributed by atoms with Crippen molar-refractivity contribution in [3.8, 4) is 0 Å². The van der Waals surface area contributed by atoms with Crippen LogP contribution in [0.15, 0.2) is 24.3 Å². The zero-order valence-electron chi connectivity index (χ0n) is 12.7. The molecule has 0 atom stereocenters. The first-order valence-corrected chi connectivity index (χ1v) is 7.92. The van der Waals surface area contributed by atoms with Gasteiger partial charge in [0.2, 0.25) is 5.91 Å². The van der Waals surface area contributed by atoms with Crippen molar-refractivity contribution in [2.75, 3.05) is 16.8 Å². The second-order valence-electron chi connectivity index (χ2n) is 5.58. The van der Waals surface area contributed by atoms with Crippen molar-refractivity contribution in [2.45, 2.75) is 58.4 Å². The first kappa shape index (κ1) is 14.9. The maximum Gasteiger partial charge on any atom is 0.227 e. The van der Waals surface area contributed by atoms with E-state index in [0.29, 0.717) is 12.5 Å². The molecule has 1 fully saturated rings. The summed E-state index contributed by atoms with van der Waals surface area (Å²) < 4.78 is 0. The molecule has 1 aliphatic rings. The highest BCUT2D eigenvalue weighted by Gasteiger charge is 2.24. The number of hydrogen-bond acceptors (Lipinski definition) is 2. The third kappa shape index (κ3) is 3.53. The highest BCUT2D eigenvalue weighted by molar-refractivity contribution is 5.98. The Morgan fingerprint density at radius 3 is 2.50 bits per heavy atom. The van der Waals surface area contributed by atoms with E-state index >= 15 is 0 Å². The lowest BCUT2D eigenvalue weighted by molar-refractivity contribution is -0.117. The van der Waals surface area contributed by atoms with Crippen molar-refractivity contribution in [1.82, 2.24) is 0 Å². The number of amides is 1. The predicted molar refractivity (Wildman–Crippen MR) is 85.3 cm³/mol. The van der Waals surface area contributed by atoms with E-state index in [9.17, 15) is 4.79 Å². The summed E-state index contributed by atoms with van der Waals surface area (Å²) >= 11 is 0. The molecule has 2 rings (SSSR count). The van der Waals surface area contributed by atoms with Crippen LogP contribution in [0.2, 0.25) is 0 Å². The van der Waals surface area contributed by atoms with Crippen LogP contribution in [0.5, 0.6) is 0 Å². The van der Waals surface area contributed by atoms with Crippen LogP contribution in [-0.4, -0.2) is 18.5 Å². The van der Waals surface area contributed by atoms with Crippen LogP contribution in [0, 0.1) is 0 Å². The highest BCUT2D eigenvalue weighted by atomic mass is 16.2. The molecule has 20 heavy (non-hydrogen) atoms. The maximum atomic E-state index is 12.0. The van der Waals surface area contributed by atoms with Crippen molar-refractivity contribution in [3.63, 3.8) is 0 Å². The largest absolute Gasteiger partial charge is 0.381 e. The van der Waals surface area contributed by atoms with E-state index in [1.54, 1.807) is 0 Å². The fourth-order valence-electron chi connectivity index (χ4n) is 2.94. The third-order valence-corrected chi connectivity index (χ3v) is 3.90. The quantitative estimate of drug-likeness (QED) is 0.808. The van der Waals surface area contributed by atoms with Crippen molar-refractivity contribution in [1.29, 1.82) is 0 Å². The molecular weight excluding hydrogens is 248 g/mol. The minimum Gasteiger partial charge on any atom is -0.381 e. The van der Waals surface area contributed by atoms with E-state index in [0.717, 1.165) is 24.3 Å². The van der Waals surface area contributed by atoms with Gasteiger partial charge in [0.05, 0.1) is 11.4 Å².